The van der Waals surface area contributed by atoms with Crippen molar-refractivity contribution in [2.24, 2.45) is 16.2 Å². The Hall–Kier alpha value is -0.780. The topological polar surface area (TPSA) is 0 Å². The molecule has 0 bridgehead atoms. The molecule has 37 heavy (non-hydrogen) atoms. The van der Waals surface area contributed by atoms with Crippen molar-refractivity contribution in [2.45, 2.75) is 183 Å². The highest BCUT2D eigenvalue weighted by atomic mass is 14.5. The zero-order valence-corrected chi connectivity index (χ0v) is 26.7. The minimum atomic E-state index is 0.366. The summed E-state index contributed by atoms with van der Waals surface area (Å²) in [6, 6.07) is 11.0. The van der Waals surface area contributed by atoms with E-state index in [1.807, 2.05) is 0 Å². The summed E-state index contributed by atoms with van der Waals surface area (Å²) in [5, 5.41) is 0. The lowest BCUT2D eigenvalue weighted by Crippen LogP contribution is -2.46. The molecular formula is C37H68. The van der Waals surface area contributed by atoms with Gasteiger partial charge in [0, 0.05) is 0 Å². The summed E-state index contributed by atoms with van der Waals surface area (Å²) in [5.74, 6) is 0. The van der Waals surface area contributed by atoms with Crippen molar-refractivity contribution in [1.29, 1.82) is 0 Å². The maximum atomic E-state index is 2.53. The fourth-order valence-electron chi connectivity index (χ4n) is 7.13. The number of aryl methyl sites for hydroxylation is 1. The molecule has 1 rings (SSSR count). The molecule has 0 aromatic heterocycles. The molecule has 0 atom stereocenters. The van der Waals surface area contributed by atoms with Gasteiger partial charge in [0.05, 0.1) is 0 Å². The lowest BCUT2D eigenvalue weighted by Gasteiger charge is -2.55. The fraction of sp³-hybridized carbons (Fsp3) is 0.838. The van der Waals surface area contributed by atoms with Crippen LogP contribution in [0.5, 0.6) is 0 Å². The Labute approximate surface area is 235 Å². The van der Waals surface area contributed by atoms with Gasteiger partial charge in [0.2, 0.25) is 0 Å². The second-order valence-corrected chi connectivity index (χ2v) is 14.3. The largest absolute Gasteiger partial charge is 0.0654 e. The first-order valence-corrected chi connectivity index (χ1v) is 16.7. The van der Waals surface area contributed by atoms with E-state index in [0.717, 1.165) is 0 Å². The average Bonchev–Trinajstić information content (AvgIpc) is 2.84. The summed E-state index contributed by atoms with van der Waals surface area (Å²) in [7, 11) is 0. The normalized spacial score (nSPS) is 12.8. The molecule has 1 aromatic rings. The first-order valence-electron chi connectivity index (χ1n) is 16.7. The van der Waals surface area contributed by atoms with Gasteiger partial charge < -0.3 is 0 Å². The van der Waals surface area contributed by atoms with Gasteiger partial charge in [0.15, 0.2) is 0 Å². The zero-order valence-electron chi connectivity index (χ0n) is 26.7. The Morgan fingerprint density at radius 3 is 1.16 bits per heavy atom. The summed E-state index contributed by atoms with van der Waals surface area (Å²) in [5.41, 5.74) is 2.68. The molecule has 0 heteroatoms. The maximum absolute atomic E-state index is 2.53. The molecule has 216 valence electrons. The van der Waals surface area contributed by atoms with E-state index in [1.54, 1.807) is 0 Å². The van der Waals surface area contributed by atoms with Crippen molar-refractivity contribution in [3.05, 3.63) is 35.9 Å². The van der Waals surface area contributed by atoms with Gasteiger partial charge >= 0.3 is 0 Å². The number of hydrogen-bond acceptors (Lipinski definition) is 0. The predicted octanol–water partition coefficient (Wildman–Crippen LogP) is 13.1. The van der Waals surface area contributed by atoms with Crippen LogP contribution in [0.3, 0.4) is 0 Å². The van der Waals surface area contributed by atoms with Gasteiger partial charge in [-0.15, -0.1) is 0 Å². The van der Waals surface area contributed by atoms with E-state index in [4.69, 9.17) is 0 Å². The van der Waals surface area contributed by atoms with E-state index >= 15 is 0 Å². The summed E-state index contributed by atoms with van der Waals surface area (Å²) >= 11 is 0. The third kappa shape index (κ3) is 14.3. The summed E-state index contributed by atoms with van der Waals surface area (Å²) in [4.78, 5) is 0. The molecule has 1 aromatic carbocycles. The van der Waals surface area contributed by atoms with Crippen LogP contribution >= 0.6 is 0 Å². The molecule has 0 aliphatic carbocycles. The van der Waals surface area contributed by atoms with Gasteiger partial charge in [-0.05, 0) is 47.5 Å². The number of hydrogen-bond donors (Lipinski definition) is 0. The van der Waals surface area contributed by atoms with Crippen molar-refractivity contribution in [1.82, 2.24) is 0 Å². The van der Waals surface area contributed by atoms with Gasteiger partial charge in [-0.2, -0.15) is 0 Å². The molecule has 0 nitrogen and oxygen atoms in total. The Balaban J connectivity index is 2.26. The average molecular weight is 513 g/mol. The number of rotatable bonds is 22. The van der Waals surface area contributed by atoms with Crippen molar-refractivity contribution >= 4 is 0 Å². The molecule has 0 spiro atoms. The van der Waals surface area contributed by atoms with Crippen LogP contribution in [0.2, 0.25) is 0 Å². The van der Waals surface area contributed by atoms with Crippen LogP contribution in [-0.2, 0) is 6.42 Å². The molecule has 0 unspecified atom stereocenters. The second-order valence-electron chi connectivity index (χ2n) is 14.3. The van der Waals surface area contributed by atoms with Crippen LogP contribution in [0.4, 0.5) is 0 Å². The van der Waals surface area contributed by atoms with Gasteiger partial charge in [-0.3, -0.25) is 0 Å². The Morgan fingerprint density at radius 2 is 0.784 bits per heavy atom. The van der Waals surface area contributed by atoms with E-state index in [0.29, 0.717) is 16.2 Å². The zero-order chi connectivity index (χ0) is 27.5. The number of unbranched alkanes of at least 4 members (excludes halogenated alkanes) is 16. The second kappa shape index (κ2) is 19.3. The smallest absolute Gasteiger partial charge is 0.0200 e. The third-order valence-electron chi connectivity index (χ3n) is 9.49. The van der Waals surface area contributed by atoms with Crippen LogP contribution < -0.4 is 0 Å². The Kier molecular flexibility index (Phi) is 17.9. The van der Waals surface area contributed by atoms with Crippen molar-refractivity contribution in [3.63, 3.8) is 0 Å². The highest BCUT2D eigenvalue weighted by Gasteiger charge is 2.48. The van der Waals surface area contributed by atoms with Crippen molar-refractivity contribution < 1.29 is 0 Å². The van der Waals surface area contributed by atoms with Crippen LogP contribution in [0.15, 0.2) is 30.3 Å². The fourth-order valence-corrected chi connectivity index (χ4v) is 7.13. The molecule has 0 fully saturated rings. The van der Waals surface area contributed by atoms with Gasteiger partial charge in [-0.25, -0.2) is 0 Å². The van der Waals surface area contributed by atoms with Crippen LogP contribution in [0.1, 0.15) is 182 Å². The van der Waals surface area contributed by atoms with Crippen molar-refractivity contribution in [2.75, 3.05) is 0 Å². The van der Waals surface area contributed by atoms with Gasteiger partial charge in [-0.1, -0.05) is 188 Å². The molecule has 0 saturated carbocycles. The third-order valence-corrected chi connectivity index (χ3v) is 9.49. The Morgan fingerprint density at radius 1 is 0.432 bits per heavy atom. The van der Waals surface area contributed by atoms with E-state index < -0.39 is 0 Å². The lowest BCUT2D eigenvalue weighted by molar-refractivity contribution is -0.0521. The first-order chi connectivity index (χ1) is 17.6. The molecule has 0 saturated heterocycles. The predicted molar refractivity (Wildman–Crippen MR) is 170 cm³/mol. The van der Waals surface area contributed by atoms with Gasteiger partial charge in [0.25, 0.3) is 0 Å². The highest BCUT2D eigenvalue weighted by molar-refractivity contribution is 5.14. The van der Waals surface area contributed by atoms with Gasteiger partial charge in [0.1, 0.15) is 0 Å². The molecule has 0 radical (unpaired) electrons. The monoisotopic (exact) mass is 513 g/mol. The van der Waals surface area contributed by atoms with Crippen LogP contribution in [0.25, 0.3) is 0 Å². The summed E-state index contributed by atoms with van der Waals surface area (Å²) < 4.78 is 0. The quantitative estimate of drug-likeness (QED) is 0.135. The minimum Gasteiger partial charge on any atom is -0.0654 e. The van der Waals surface area contributed by atoms with E-state index in [9.17, 15) is 0 Å². The van der Waals surface area contributed by atoms with E-state index in [-0.39, 0.29) is 0 Å². The Bertz CT molecular complexity index is 612. The highest BCUT2D eigenvalue weighted by Crippen LogP contribution is 2.57. The molecular weight excluding hydrogens is 444 g/mol. The molecule has 0 aliphatic heterocycles. The SMILES string of the molecule is CCCCCCCCCCCC(CCCCCCCCCCCc1ccccc1)(C(C)(C)C)C(C)(C)C. The van der Waals surface area contributed by atoms with E-state index in [1.165, 1.54) is 140 Å². The summed E-state index contributed by atoms with van der Waals surface area (Å²) in [6.45, 7) is 17.5. The van der Waals surface area contributed by atoms with E-state index in [2.05, 4.69) is 78.8 Å². The summed E-state index contributed by atoms with van der Waals surface area (Å²) in [6.07, 6.45) is 29.7. The van der Waals surface area contributed by atoms with Crippen LogP contribution in [-0.4, -0.2) is 0 Å². The molecule has 0 N–H and O–H groups in total. The number of benzene rings is 1. The van der Waals surface area contributed by atoms with Crippen molar-refractivity contribution in [3.8, 4) is 0 Å². The first kappa shape index (κ1) is 34.2. The molecule has 0 heterocycles. The van der Waals surface area contributed by atoms with Crippen LogP contribution in [0, 0.1) is 16.2 Å². The maximum Gasteiger partial charge on any atom is -0.0200 e. The standard InChI is InChI=1S/C37H68/c1-8-9-10-11-12-15-18-21-27-32-37(35(2,3)4,36(5,6)7)33-28-22-19-16-13-14-17-20-24-29-34-30-25-23-26-31-34/h23,25-26,30-31H,8-22,24,27-29,32-33H2,1-7H3. The molecule has 0 amide bonds. The minimum absolute atomic E-state index is 0.366. The molecule has 0 aliphatic rings. The lowest BCUT2D eigenvalue weighted by atomic mass is 9.50.